The Kier molecular flexibility index (Phi) is 9.98. The Morgan fingerprint density at radius 3 is 2.47 bits per heavy atom. The molecule has 3 N–H and O–H groups in total. The molecule has 0 bridgehead atoms. The minimum Gasteiger partial charge on any atom is -0.395 e. The van der Waals surface area contributed by atoms with Crippen molar-refractivity contribution in [3.05, 3.63) is 125 Å². The van der Waals surface area contributed by atoms with E-state index in [0.29, 0.717) is 12.1 Å². The molecule has 1 aromatic heterocycles. The van der Waals surface area contributed by atoms with E-state index in [9.17, 15) is 15.0 Å². The van der Waals surface area contributed by atoms with E-state index in [1.165, 1.54) is 0 Å². The van der Waals surface area contributed by atoms with E-state index in [1.54, 1.807) is 24.5 Å². The number of rotatable bonds is 10. The topological polar surface area (TPSA) is 104 Å². The lowest BCUT2D eigenvalue weighted by Gasteiger charge is -2.43. The number of hydrogen-bond donors (Lipinski definition) is 3. The maximum absolute atomic E-state index is 12.5. The number of carbonyl (C=O) groups is 1. The highest BCUT2D eigenvalue weighted by Gasteiger charge is 2.40. The molecule has 6 rings (SSSR count). The van der Waals surface area contributed by atoms with E-state index < -0.39 is 6.29 Å². The van der Waals surface area contributed by atoms with E-state index in [1.807, 2.05) is 36.4 Å². The summed E-state index contributed by atoms with van der Waals surface area (Å²) in [6, 6.07) is 28.0. The van der Waals surface area contributed by atoms with Gasteiger partial charge in [0.05, 0.1) is 31.0 Å². The molecule has 2 aliphatic rings. The van der Waals surface area contributed by atoms with Crippen molar-refractivity contribution in [2.24, 2.45) is 5.92 Å². The van der Waals surface area contributed by atoms with Crippen molar-refractivity contribution in [2.45, 2.75) is 57.5 Å². The third kappa shape index (κ3) is 7.32. The summed E-state index contributed by atoms with van der Waals surface area (Å²) in [7, 11) is 0. The van der Waals surface area contributed by atoms with Gasteiger partial charge in [0.15, 0.2) is 6.29 Å². The zero-order valence-electron chi connectivity index (χ0n) is 25.6. The molecule has 2 aliphatic heterocycles. The highest BCUT2D eigenvalue weighted by atomic mass is 16.7. The van der Waals surface area contributed by atoms with E-state index in [0.717, 1.165) is 59.3 Å². The number of aliphatic hydroxyl groups is 2. The Hall–Kier alpha value is -3.92. The van der Waals surface area contributed by atoms with Crippen molar-refractivity contribution < 1.29 is 24.5 Å². The van der Waals surface area contributed by atoms with Gasteiger partial charge in [0, 0.05) is 43.0 Å². The third-order valence-corrected chi connectivity index (χ3v) is 9.07. The predicted molar refractivity (Wildman–Crippen MR) is 172 cm³/mol. The van der Waals surface area contributed by atoms with Gasteiger partial charge in [-0.3, -0.25) is 14.7 Å². The molecule has 0 saturated carbocycles. The lowest BCUT2D eigenvalue weighted by atomic mass is 9.89. The summed E-state index contributed by atoms with van der Waals surface area (Å²) in [5.74, 6) is -0.0703. The number of benzene rings is 3. The number of hydrogen-bond acceptors (Lipinski definition) is 7. The van der Waals surface area contributed by atoms with Crippen molar-refractivity contribution in [2.75, 3.05) is 19.7 Å². The van der Waals surface area contributed by atoms with Crippen LogP contribution in [-0.4, -0.2) is 57.8 Å². The summed E-state index contributed by atoms with van der Waals surface area (Å²) in [5.41, 5.74) is 6.50. The first-order valence-corrected chi connectivity index (χ1v) is 15.8. The molecule has 8 nitrogen and oxygen atoms in total. The highest BCUT2D eigenvalue weighted by molar-refractivity contribution is 5.93. The van der Waals surface area contributed by atoms with Crippen molar-refractivity contribution in [3.8, 4) is 11.1 Å². The van der Waals surface area contributed by atoms with E-state index in [4.69, 9.17) is 9.47 Å². The molecular weight excluding hydrogens is 566 g/mol. The number of aromatic nitrogens is 1. The van der Waals surface area contributed by atoms with Gasteiger partial charge in [-0.1, -0.05) is 73.7 Å². The molecule has 2 saturated heterocycles. The van der Waals surface area contributed by atoms with Crippen LogP contribution in [0.5, 0.6) is 0 Å². The maximum atomic E-state index is 12.5. The van der Waals surface area contributed by atoms with E-state index in [2.05, 4.69) is 58.5 Å². The number of carbonyl (C=O) groups excluding carboxylic acids is 1. The third-order valence-electron chi connectivity index (χ3n) is 9.07. The summed E-state index contributed by atoms with van der Waals surface area (Å²) >= 11 is 0. The maximum Gasteiger partial charge on any atom is 0.253 e. The second-order valence-corrected chi connectivity index (χ2v) is 12.0. The first kappa shape index (κ1) is 31.1. The predicted octanol–water partition coefficient (Wildman–Crippen LogP) is 5.42. The van der Waals surface area contributed by atoms with Crippen LogP contribution in [0.2, 0.25) is 0 Å². The second kappa shape index (κ2) is 14.5. The zero-order chi connectivity index (χ0) is 31.2. The molecule has 234 valence electrons. The van der Waals surface area contributed by atoms with Gasteiger partial charge in [-0.25, -0.2) is 0 Å². The smallest absolute Gasteiger partial charge is 0.253 e. The molecule has 0 spiro atoms. The molecule has 45 heavy (non-hydrogen) atoms. The molecular formula is C37H41N3O5. The summed E-state index contributed by atoms with van der Waals surface area (Å²) < 4.78 is 13.3. The average molecular weight is 608 g/mol. The highest BCUT2D eigenvalue weighted by Crippen LogP contribution is 2.42. The zero-order valence-corrected chi connectivity index (χ0v) is 25.6. The second-order valence-electron chi connectivity index (χ2n) is 12.0. The number of amides is 1. The van der Waals surface area contributed by atoms with Crippen LogP contribution < -0.4 is 5.32 Å². The Morgan fingerprint density at radius 1 is 0.933 bits per heavy atom. The summed E-state index contributed by atoms with van der Waals surface area (Å²) in [6.07, 6.45) is 4.47. The van der Waals surface area contributed by atoms with Crippen LogP contribution in [0.4, 0.5) is 0 Å². The van der Waals surface area contributed by atoms with Gasteiger partial charge in [0.25, 0.3) is 5.91 Å². The van der Waals surface area contributed by atoms with Crippen molar-refractivity contribution in [1.82, 2.24) is 15.2 Å². The van der Waals surface area contributed by atoms with E-state index in [-0.39, 0.29) is 43.3 Å². The van der Waals surface area contributed by atoms with Gasteiger partial charge >= 0.3 is 0 Å². The normalized spacial score (nSPS) is 23.6. The van der Waals surface area contributed by atoms with Gasteiger partial charge in [0.2, 0.25) is 0 Å². The number of nitrogens with zero attached hydrogens (tertiary/aromatic N) is 2. The molecule has 0 aliphatic carbocycles. The molecule has 3 heterocycles. The molecule has 3 aromatic carbocycles. The Labute approximate surface area is 264 Å². The van der Waals surface area contributed by atoms with Gasteiger partial charge in [-0.15, -0.1) is 0 Å². The lowest BCUT2D eigenvalue weighted by molar-refractivity contribution is -0.276. The molecule has 5 unspecified atom stereocenters. The minimum absolute atomic E-state index is 0.00250. The first-order valence-electron chi connectivity index (χ1n) is 15.8. The van der Waals surface area contributed by atoms with Crippen LogP contribution in [0.1, 0.15) is 64.8 Å². The number of ether oxygens (including phenoxy) is 2. The largest absolute Gasteiger partial charge is 0.395 e. The summed E-state index contributed by atoms with van der Waals surface area (Å²) in [5, 5.41) is 22.4. The Morgan fingerprint density at radius 2 is 1.73 bits per heavy atom. The fourth-order valence-electron chi connectivity index (χ4n) is 6.38. The summed E-state index contributed by atoms with van der Waals surface area (Å²) in [4.78, 5) is 18.8. The quantitative estimate of drug-likeness (QED) is 0.221. The number of aliphatic hydroxyl groups excluding tert-OH is 2. The fourth-order valence-corrected chi connectivity index (χ4v) is 6.38. The van der Waals surface area contributed by atoms with Crippen LogP contribution in [0, 0.1) is 5.92 Å². The lowest BCUT2D eigenvalue weighted by Crippen LogP contribution is -2.46. The van der Waals surface area contributed by atoms with Crippen LogP contribution in [0.25, 0.3) is 11.1 Å². The van der Waals surface area contributed by atoms with Gasteiger partial charge < -0.3 is 25.0 Å². The standard InChI is InChI=1S/C37H41N3O5/c1-25-34(22-40-18-4-8-33(40)24-42)44-37(45-35(25)29-11-9-26(23-41)10-12-29)30-15-13-28(14-16-30)31-6-2-5-27(19-31)20-39-36(43)32-7-3-17-38-21-32/h2-3,5-7,9-17,19,21,25,33-35,37,41-42H,4,8,18,20,22-24H2,1H3,(H,39,43). The van der Waals surface area contributed by atoms with E-state index >= 15 is 0 Å². The number of pyridine rings is 1. The van der Waals surface area contributed by atoms with Crippen molar-refractivity contribution in [1.29, 1.82) is 0 Å². The van der Waals surface area contributed by atoms with Gasteiger partial charge in [0.1, 0.15) is 0 Å². The molecule has 0 radical (unpaired) electrons. The Bertz CT molecular complexity index is 1550. The first-order chi connectivity index (χ1) is 22.0. The van der Waals surface area contributed by atoms with Gasteiger partial charge in [-0.05, 0) is 65.4 Å². The SMILES string of the molecule is CC1C(CN2CCCC2CO)OC(c2ccc(-c3cccc(CNC(=O)c4cccnc4)c3)cc2)OC1c1ccc(CO)cc1. The average Bonchev–Trinajstić information content (AvgIpc) is 3.56. The van der Waals surface area contributed by atoms with Crippen LogP contribution in [0.3, 0.4) is 0 Å². The Balaban J connectivity index is 1.18. The molecule has 2 fully saturated rings. The fraction of sp³-hybridized carbons (Fsp3) is 0.351. The monoisotopic (exact) mass is 607 g/mol. The minimum atomic E-state index is -0.549. The van der Waals surface area contributed by atoms with Crippen molar-refractivity contribution >= 4 is 5.91 Å². The molecule has 8 heteroatoms. The molecule has 4 aromatic rings. The van der Waals surface area contributed by atoms with Crippen molar-refractivity contribution in [3.63, 3.8) is 0 Å². The van der Waals surface area contributed by atoms with Crippen LogP contribution >= 0.6 is 0 Å². The van der Waals surface area contributed by atoms with Crippen LogP contribution in [-0.2, 0) is 22.6 Å². The number of likely N-dealkylation sites (tertiary alicyclic amines) is 1. The van der Waals surface area contributed by atoms with Gasteiger partial charge in [-0.2, -0.15) is 0 Å². The molecule has 5 atom stereocenters. The molecule has 1 amide bonds. The summed E-state index contributed by atoms with van der Waals surface area (Å²) in [6.45, 7) is 4.44. The van der Waals surface area contributed by atoms with Crippen LogP contribution in [0.15, 0.2) is 97.3 Å². The number of nitrogens with one attached hydrogen (secondary N) is 1.